The van der Waals surface area contributed by atoms with Gasteiger partial charge in [0.2, 0.25) is 0 Å². The maximum atomic E-state index is 13.1. The quantitative estimate of drug-likeness (QED) is 0.932. The number of halogens is 1. The first-order valence-electron chi connectivity index (χ1n) is 6.79. The Morgan fingerprint density at radius 1 is 1.24 bits per heavy atom. The zero-order valence-electron chi connectivity index (χ0n) is 11.3. The van der Waals surface area contributed by atoms with Crippen molar-refractivity contribution >= 4 is 12.0 Å². The highest BCUT2D eigenvalue weighted by molar-refractivity contribution is 5.87. The van der Waals surface area contributed by atoms with Crippen LogP contribution in [0.4, 0.5) is 4.39 Å². The molecule has 0 fully saturated rings. The van der Waals surface area contributed by atoms with Gasteiger partial charge >= 0.3 is 5.97 Å². The Morgan fingerprint density at radius 2 is 2.10 bits per heavy atom. The lowest BCUT2D eigenvalue weighted by Crippen LogP contribution is -2.22. The van der Waals surface area contributed by atoms with Crippen molar-refractivity contribution in [2.24, 2.45) is 4.99 Å². The largest absolute Gasteiger partial charge is 0.478 e. The fourth-order valence-electron chi connectivity index (χ4n) is 2.52. The van der Waals surface area contributed by atoms with Crippen LogP contribution in [-0.4, -0.2) is 17.1 Å². The normalized spacial score (nSPS) is 16.0. The molecule has 106 valence electrons. The summed E-state index contributed by atoms with van der Waals surface area (Å²) in [5.74, 6) is -1.16. The van der Waals surface area contributed by atoms with Crippen LogP contribution in [0.5, 0.6) is 0 Å². The number of carbonyl (C=O) groups is 1. The Labute approximate surface area is 121 Å². The first kappa shape index (κ1) is 13.5. The molecule has 2 aromatic rings. The number of hydrogen-bond donors (Lipinski definition) is 1. The molecule has 0 spiro atoms. The van der Waals surface area contributed by atoms with E-state index in [1.807, 2.05) is 12.1 Å². The van der Waals surface area contributed by atoms with E-state index >= 15 is 0 Å². The standard InChI is InChI=1S/C17H14FNO2/c18-14-3-1-2-11(8-14)4-6-15-10-13-9-12(17(20)21)5-7-16(13)19-15/h1-3,5,7-10,15H,4,6H2,(H,20,21). The molecule has 0 bridgehead atoms. The monoisotopic (exact) mass is 283 g/mol. The van der Waals surface area contributed by atoms with E-state index in [1.54, 1.807) is 24.3 Å². The van der Waals surface area contributed by atoms with Gasteiger partial charge in [-0.05, 0) is 54.0 Å². The fourth-order valence-corrected chi connectivity index (χ4v) is 2.52. The molecule has 1 unspecified atom stereocenters. The van der Waals surface area contributed by atoms with Gasteiger partial charge in [-0.25, -0.2) is 9.18 Å². The van der Waals surface area contributed by atoms with Gasteiger partial charge < -0.3 is 5.11 Å². The van der Waals surface area contributed by atoms with E-state index in [1.165, 1.54) is 12.1 Å². The lowest BCUT2D eigenvalue weighted by atomic mass is 10.1. The van der Waals surface area contributed by atoms with E-state index in [2.05, 4.69) is 4.99 Å². The molecule has 0 saturated carbocycles. The minimum absolute atomic E-state index is 0.0207. The van der Waals surface area contributed by atoms with Crippen molar-refractivity contribution < 1.29 is 14.3 Å². The number of aryl methyl sites for hydroxylation is 1. The summed E-state index contributed by atoms with van der Waals surface area (Å²) in [6.07, 6.45) is 3.49. The highest BCUT2D eigenvalue weighted by atomic mass is 19.1. The van der Waals surface area contributed by atoms with Crippen molar-refractivity contribution in [3.8, 4) is 0 Å². The Bertz CT molecular complexity index is 814. The average Bonchev–Trinajstić information content (AvgIpc) is 2.87. The highest BCUT2D eigenvalue weighted by Crippen LogP contribution is 2.11. The molecule has 1 aliphatic rings. The Hall–Kier alpha value is -2.49. The minimum atomic E-state index is -0.936. The second-order valence-electron chi connectivity index (χ2n) is 5.11. The first-order valence-corrected chi connectivity index (χ1v) is 6.79. The van der Waals surface area contributed by atoms with Crippen LogP contribution in [0.15, 0.2) is 47.5 Å². The summed E-state index contributed by atoms with van der Waals surface area (Å²) in [4.78, 5) is 15.5. The van der Waals surface area contributed by atoms with E-state index in [9.17, 15) is 9.18 Å². The Kier molecular flexibility index (Phi) is 3.52. The molecule has 0 saturated heterocycles. The van der Waals surface area contributed by atoms with Crippen molar-refractivity contribution in [2.75, 3.05) is 0 Å². The van der Waals surface area contributed by atoms with Gasteiger partial charge in [0.1, 0.15) is 5.82 Å². The van der Waals surface area contributed by atoms with E-state index in [0.29, 0.717) is 0 Å². The molecular weight excluding hydrogens is 269 g/mol. The number of benzene rings is 2. The third-order valence-electron chi connectivity index (χ3n) is 3.57. The van der Waals surface area contributed by atoms with Crippen LogP contribution in [0.2, 0.25) is 0 Å². The lowest BCUT2D eigenvalue weighted by Gasteiger charge is -2.04. The van der Waals surface area contributed by atoms with Crippen LogP contribution in [0.1, 0.15) is 22.3 Å². The number of hydrogen-bond acceptors (Lipinski definition) is 2. The summed E-state index contributed by atoms with van der Waals surface area (Å²) in [6.45, 7) is 0. The molecule has 0 aromatic heterocycles. The molecule has 1 N–H and O–H groups in total. The fraction of sp³-hybridized carbons (Fsp3) is 0.176. The molecule has 1 aliphatic heterocycles. The lowest BCUT2D eigenvalue weighted by molar-refractivity contribution is 0.0696. The zero-order chi connectivity index (χ0) is 14.8. The molecule has 0 aliphatic carbocycles. The Morgan fingerprint density at radius 3 is 2.86 bits per heavy atom. The zero-order valence-corrected chi connectivity index (χ0v) is 11.3. The number of fused-ring (bicyclic) bond motifs is 1. The van der Waals surface area contributed by atoms with Crippen molar-refractivity contribution in [2.45, 2.75) is 18.9 Å². The van der Waals surface area contributed by atoms with Gasteiger partial charge in [0, 0.05) is 0 Å². The van der Waals surface area contributed by atoms with Crippen LogP contribution in [0.25, 0.3) is 6.08 Å². The van der Waals surface area contributed by atoms with Crippen LogP contribution >= 0.6 is 0 Å². The molecule has 0 amide bonds. The predicted octanol–water partition coefficient (Wildman–Crippen LogP) is 1.94. The topological polar surface area (TPSA) is 49.7 Å². The van der Waals surface area contributed by atoms with Gasteiger partial charge in [-0.1, -0.05) is 18.2 Å². The maximum Gasteiger partial charge on any atom is 0.335 e. The summed E-state index contributed by atoms with van der Waals surface area (Å²) >= 11 is 0. The van der Waals surface area contributed by atoms with Gasteiger partial charge in [0.05, 0.1) is 17.0 Å². The number of nitrogens with zero attached hydrogens (tertiary/aromatic N) is 1. The van der Waals surface area contributed by atoms with E-state index in [-0.39, 0.29) is 17.4 Å². The molecule has 21 heavy (non-hydrogen) atoms. The van der Waals surface area contributed by atoms with Crippen molar-refractivity contribution in [3.63, 3.8) is 0 Å². The smallest absolute Gasteiger partial charge is 0.335 e. The van der Waals surface area contributed by atoms with Gasteiger partial charge in [-0.2, -0.15) is 0 Å². The predicted molar refractivity (Wildman–Crippen MR) is 77.2 cm³/mol. The SMILES string of the molecule is O=C(O)c1ccc2c(c1)=CC(CCc1cccc(F)c1)N=2. The van der Waals surface area contributed by atoms with E-state index < -0.39 is 5.97 Å². The summed E-state index contributed by atoms with van der Waals surface area (Å²) in [5.41, 5.74) is 1.21. The van der Waals surface area contributed by atoms with Crippen LogP contribution in [-0.2, 0) is 6.42 Å². The van der Waals surface area contributed by atoms with Gasteiger partial charge in [0.25, 0.3) is 0 Å². The molecule has 1 heterocycles. The number of carboxylic acids is 1. The van der Waals surface area contributed by atoms with E-state index in [0.717, 1.165) is 29.0 Å². The average molecular weight is 283 g/mol. The second kappa shape index (κ2) is 5.48. The van der Waals surface area contributed by atoms with Crippen LogP contribution in [0, 0.1) is 5.82 Å². The number of carboxylic acid groups (broad SMARTS) is 1. The molecule has 2 aromatic carbocycles. The summed E-state index contributed by atoms with van der Waals surface area (Å²) in [6, 6.07) is 11.5. The van der Waals surface area contributed by atoms with Crippen molar-refractivity contribution in [1.29, 1.82) is 0 Å². The number of rotatable bonds is 4. The molecular formula is C17H14FNO2. The van der Waals surface area contributed by atoms with Crippen molar-refractivity contribution in [3.05, 3.63) is 70.0 Å². The molecule has 0 radical (unpaired) electrons. The minimum Gasteiger partial charge on any atom is -0.478 e. The maximum absolute atomic E-state index is 13.1. The summed E-state index contributed by atoms with van der Waals surface area (Å²) < 4.78 is 13.1. The first-order chi connectivity index (χ1) is 10.1. The van der Waals surface area contributed by atoms with Crippen LogP contribution < -0.4 is 10.6 Å². The van der Waals surface area contributed by atoms with Gasteiger partial charge in [-0.3, -0.25) is 4.99 Å². The molecule has 3 nitrogen and oxygen atoms in total. The number of aromatic carboxylic acids is 1. The van der Waals surface area contributed by atoms with Crippen LogP contribution in [0.3, 0.4) is 0 Å². The highest BCUT2D eigenvalue weighted by Gasteiger charge is 2.11. The van der Waals surface area contributed by atoms with E-state index in [4.69, 9.17) is 5.11 Å². The molecule has 3 rings (SSSR count). The summed E-state index contributed by atoms with van der Waals surface area (Å²) in [7, 11) is 0. The molecule has 1 atom stereocenters. The summed E-state index contributed by atoms with van der Waals surface area (Å²) in [5, 5.41) is 10.7. The van der Waals surface area contributed by atoms with Gasteiger partial charge in [-0.15, -0.1) is 0 Å². The second-order valence-corrected chi connectivity index (χ2v) is 5.11. The van der Waals surface area contributed by atoms with Crippen molar-refractivity contribution in [1.82, 2.24) is 0 Å². The van der Waals surface area contributed by atoms with Gasteiger partial charge in [0.15, 0.2) is 0 Å². The Balaban J connectivity index is 1.75. The third-order valence-corrected chi connectivity index (χ3v) is 3.57. The molecule has 4 heteroatoms. The third kappa shape index (κ3) is 2.99.